The van der Waals surface area contributed by atoms with Crippen molar-refractivity contribution >= 4 is 37.0 Å². The van der Waals surface area contributed by atoms with Gasteiger partial charge < -0.3 is 4.18 Å². The molecule has 3 rings (SSSR count). The highest BCUT2D eigenvalue weighted by atomic mass is 79.9. The Morgan fingerprint density at radius 2 is 1.73 bits per heavy atom. The molecule has 0 aliphatic heterocycles. The van der Waals surface area contributed by atoms with E-state index in [4.69, 9.17) is 4.18 Å². The van der Waals surface area contributed by atoms with Crippen LogP contribution in [0.2, 0.25) is 0 Å². The summed E-state index contributed by atoms with van der Waals surface area (Å²) >= 11 is 3.30. The van der Waals surface area contributed by atoms with Gasteiger partial charge in [0, 0.05) is 5.39 Å². The molecule has 0 saturated carbocycles. The highest BCUT2D eigenvalue weighted by Crippen LogP contribution is 2.29. The van der Waals surface area contributed by atoms with Gasteiger partial charge >= 0.3 is 10.1 Å². The highest BCUT2D eigenvalue weighted by molar-refractivity contribution is 9.10. The van der Waals surface area contributed by atoms with Crippen LogP contribution in [0.4, 0.5) is 0 Å². The molecule has 0 unspecified atom stereocenters. The van der Waals surface area contributed by atoms with Crippen LogP contribution < -0.4 is 4.18 Å². The fourth-order valence-corrected chi connectivity index (χ4v) is 3.41. The van der Waals surface area contributed by atoms with Crippen LogP contribution in [0.3, 0.4) is 0 Å². The predicted octanol–water partition coefficient (Wildman–Crippen LogP) is 4.07. The van der Waals surface area contributed by atoms with Gasteiger partial charge in [0.1, 0.15) is 4.90 Å². The van der Waals surface area contributed by atoms with Crippen molar-refractivity contribution in [2.45, 2.75) is 11.8 Å². The summed E-state index contributed by atoms with van der Waals surface area (Å²) in [6.07, 6.45) is 0. The number of para-hydroxylation sites is 1. The first-order chi connectivity index (χ1) is 10.5. The quantitative estimate of drug-likeness (QED) is 0.645. The smallest absolute Gasteiger partial charge is 0.340 e. The molecule has 2 aromatic carbocycles. The van der Waals surface area contributed by atoms with Gasteiger partial charge in [0.15, 0.2) is 0 Å². The summed E-state index contributed by atoms with van der Waals surface area (Å²) in [6.45, 7) is 1.89. The van der Waals surface area contributed by atoms with E-state index in [1.807, 2.05) is 25.1 Å². The van der Waals surface area contributed by atoms with Crippen LogP contribution in [-0.4, -0.2) is 13.4 Å². The number of fused-ring (bicyclic) bond motifs is 1. The van der Waals surface area contributed by atoms with Gasteiger partial charge in [-0.1, -0.05) is 35.9 Å². The average molecular weight is 378 g/mol. The second-order valence-corrected chi connectivity index (χ2v) is 7.22. The topological polar surface area (TPSA) is 56.3 Å². The monoisotopic (exact) mass is 377 g/mol. The molecule has 22 heavy (non-hydrogen) atoms. The molecule has 0 amide bonds. The minimum Gasteiger partial charge on any atom is -0.357 e. The zero-order valence-electron chi connectivity index (χ0n) is 11.7. The van der Waals surface area contributed by atoms with E-state index in [2.05, 4.69) is 20.9 Å². The Kier molecular flexibility index (Phi) is 3.88. The number of benzene rings is 2. The third-order valence-corrected chi connectivity index (χ3v) is 4.94. The molecule has 3 aromatic rings. The first kappa shape index (κ1) is 15.0. The normalized spacial score (nSPS) is 11.5. The number of nitrogens with zero attached hydrogens (tertiary/aromatic N) is 1. The zero-order chi connectivity index (χ0) is 15.7. The van der Waals surface area contributed by atoms with E-state index in [0.29, 0.717) is 9.99 Å². The van der Waals surface area contributed by atoms with Crippen LogP contribution in [0, 0.1) is 6.92 Å². The summed E-state index contributed by atoms with van der Waals surface area (Å²) in [7, 11) is -3.91. The average Bonchev–Trinajstić information content (AvgIpc) is 2.48. The first-order valence-electron chi connectivity index (χ1n) is 6.52. The molecule has 0 bridgehead atoms. The Labute approximate surface area is 137 Å². The SMILES string of the molecule is Cc1ccc(S(=O)(=O)Oc2nc3ccccc3cc2Br)cc1. The molecular formula is C16H12BrNO3S. The fraction of sp³-hybridized carbons (Fsp3) is 0.0625. The number of halogens is 1. The summed E-state index contributed by atoms with van der Waals surface area (Å²) in [5.41, 5.74) is 1.64. The van der Waals surface area contributed by atoms with Crippen LogP contribution >= 0.6 is 15.9 Å². The summed E-state index contributed by atoms with van der Waals surface area (Å²) in [4.78, 5) is 4.35. The summed E-state index contributed by atoms with van der Waals surface area (Å²) in [5.74, 6) is 0.0271. The summed E-state index contributed by atoms with van der Waals surface area (Å²) in [5, 5.41) is 0.898. The van der Waals surface area contributed by atoms with Gasteiger partial charge in [-0.25, -0.2) is 4.98 Å². The molecule has 0 N–H and O–H groups in total. The maximum atomic E-state index is 12.3. The highest BCUT2D eigenvalue weighted by Gasteiger charge is 2.19. The number of hydrogen-bond donors (Lipinski definition) is 0. The second kappa shape index (κ2) is 5.70. The van der Waals surface area contributed by atoms with Crippen molar-refractivity contribution in [1.82, 2.24) is 4.98 Å². The lowest BCUT2D eigenvalue weighted by Crippen LogP contribution is -2.11. The van der Waals surface area contributed by atoms with Crippen molar-refractivity contribution in [3.8, 4) is 5.88 Å². The van der Waals surface area contributed by atoms with Crippen LogP contribution in [0.15, 0.2) is 64.0 Å². The van der Waals surface area contributed by atoms with Gasteiger partial charge in [-0.15, -0.1) is 0 Å². The van der Waals surface area contributed by atoms with Gasteiger partial charge in [-0.05, 0) is 47.1 Å². The second-order valence-electron chi connectivity index (χ2n) is 4.82. The molecule has 0 aliphatic carbocycles. The molecule has 0 radical (unpaired) electrons. The number of hydrogen-bond acceptors (Lipinski definition) is 4. The minimum atomic E-state index is -3.91. The Morgan fingerprint density at radius 1 is 1.05 bits per heavy atom. The summed E-state index contributed by atoms with van der Waals surface area (Å²) in [6, 6.07) is 15.7. The zero-order valence-corrected chi connectivity index (χ0v) is 14.1. The van der Waals surface area contributed by atoms with Crippen molar-refractivity contribution in [1.29, 1.82) is 0 Å². The lowest BCUT2D eigenvalue weighted by Gasteiger charge is -2.09. The van der Waals surface area contributed by atoms with Crippen LogP contribution in [0.25, 0.3) is 10.9 Å². The van der Waals surface area contributed by atoms with E-state index in [9.17, 15) is 8.42 Å². The molecule has 1 aromatic heterocycles. The lowest BCUT2D eigenvalue weighted by atomic mass is 10.2. The predicted molar refractivity (Wildman–Crippen MR) is 88.4 cm³/mol. The van der Waals surface area contributed by atoms with Crippen molar-refractivity contribution in [3.05, 3.63) is 64.6 Å². The Hall–Kier alpha value is -1.92. The van der Waals surface area contributed by atoms with E-state index in [1.54, 1.807) is 24.3 Å². The number of aromatic nitrogens is 1. The van der Waals surface area contributed by atoms with E-state index in [0.717, 1.165) is 10.9 Å². The molecule has 1 heterocycles. The van der Waals surface area contributed by atoms with Crippen molar-refractivity contribution in [2.75, 3.05) is 0 Å². The van der Waals surface area contributed by atoms with E-state index in [1.165, 1.54) is 12.1 Å². The molecule has 0 fully saturated rings. The Morgan fingerprint density at radius 3 is 2.45 bits per heavy atom. The molecular weight excluding hydrogens is 366 g/mol. The molecule has 0 saturated heterocycles. The Bertz CT molecular complexity index is 937. The lowest BCUT2D eigenvalue weighted by molar-refractivity contribution is 0.475. The Balaban J connectivity index is 2.01. The number of aryl methyl sites for hydroxylation is 1. The molecule has 6 heteroatoms. The third-order valence-electron chi connectivity index (χ3n) is 3.14. The van der Waals surface area contributed by atoms with Gasteiger partial charge in [0.25, 0.3) is 0 Å². The van der Waals surface area contributed by atoms with Crippen LogP contribution in [0.1, 0.15) is 5.56 Å². The van der Waals surface area contributed by atoms with Crippen LogP contribution in [0.5, 0.6) is 5.88 Å². The van der Waals surface area contributed by atoms with Gasteiger partial charge in [-0.3, -0.25) is 0 Å². The molecule has 0 atom stereocenters. The standard InChI is InChI=1S/C16H12BrNO3S/c1-11-6-8-13(9-7-11)22(19,20)21-16-14(17)10-12-4-2-3-5-15(12)18-16/h2-10H,1H3. The fourth-order valence-electron chi connectivity index (χ4n) is 1.99. The largest absolute Gasteiger partial charge is 0.357 e. The van der Waals surface area contributed by atoms with E-state index >= 15 is 0 Å². The van der Waals surface area contributed by atoms with Crippen molar-refractivity contribution in [3.63, 3.8) is 0 Å². The van der Waals surface area contributed by atoms with Gasteiger partial charge in [0.2, 0.25) is 5.88 Å². The number of pyridine rings is 1. The third kappa shape index (κ3) is 2.98. The van der Waals surface area contributed by atoms with E-state index < -0.39 is 10.1 Å². The summed E-state index contributed by atoms with van der Waals surface area (Å²) < 4.78 is 30.3. The molecule has 0 spiro atoms. The molecule has 0 aliphatic rings. The van der Waals surface area contributed by atoms with Gasteiger partial charge in [-0.2, -0.15) is 8.42 Å². The van der Waals surface area contributed by atoms with Crippen molar-refractivity contribution in [2.24, 2.45) is 0 Å². The first-order valence-corrected chi connectivity index (χ1v) is 8.72. The van der Waals surface area contributed by atoms with Crippen molar-refractivity contribution < 1.29 is 12.6 Å². The number of rotatable bonds is 3. The van der Waals surface area contributed by atoms with Crippen LogP contribution in [-0.2, 0) is 10.1 Å². The molecule has 4 nitrogen and oxygen atoms in total. The maximum Gasteiger partial charge on any atom is 0.340 e. The molecule has 112 valence electrons. The maximum absolute atomic E-state index is 12.3. The van der Waals surface area contributed by atoms with Gasteiger partial charge in [0.05, 0.1) is 9.99 Å². The minimum absolute atomic E-state index is 0.0271. The van der Waals surface area contributed by atoms with E-state index in [-0.39, 0.29) is 10.8 Å².